The second-order valence-corrected chi connectivity index (χ2v) is 5.34. The Balaban J connectivity index is 2.16. The summed E-state index contributed by atoms with van der Waals surface area (Å²) in [5.74, 6) is 2.38. The molecule has 1 aromatic heterocycles. The van der Waals surface area contributed by atoms with Crippen LogP contribution in [0.5, 0.6) is 0 Å². The monoisotopic (exact) mass is 264 g/mol. The molecule has 0 aliphatic heterocycles. The van der Waals surface area contributed by atoms with Crippen LogP contribution in [-0.4, -0.2) is 33.8 Å². The van der Waals surface area contributed by atoms with Crippen molar-refractivity contribution < 1.29 is 5.11 Å². The van der Waals surface area contributed by atoms with E-state index in [9.17, 15) is 5.11 Å². The van der Waals surface area contributed by atoms with Gasteiger partial charge in [0.25, 0.3) is 0 Å². The summed E-state index contributed by atoms with van der Waals surface area (Å²) < 4.78 is 0. The van der Waals surface area contributed by atoms with Gasteiger partial charge in [0.1, 0.15) is 17.5 Å². The Bertz CT molecular complexity index is 416. The SMILES string of the molecule is CCNc1cc(NC2(CO)CCCCC2)nc(C)n1. The van der Waals surface area contributed by atoms with Crippen molar-refractivity contribution in [2.45, 2.75) is 51.5 Å². The fourth-order valence-corrected chi connectivity index (χ4v) is 2.73. The summed E-state index contributed by atoms with van der Waals surface area (Å²) in [5, 5.41) is 16.4. The van der Waals surface area contributed by atoms with E-state index in [4.69, 9.17) is 0 Å². The highest BCUT2D eigenvalue weighted by Crippen LogP contribution is 2.31. The fraction of sp³-hybridized carbons (Fsp3) is 0.714. The molecule has 106 valence electrons. The molecule has 5 heteroatoms. The molecule has 0 spiro atoms. The van der Waals surface area contributed by atoms with E-state index in [1.807, 2.05) is 19.9 Å². The van der Waals surface area contributed by atoms with Crippen LogP contribution in [0.1, 0.15) is 44.9 Å². The molecule has 0 bridgehead atoms. The van der Waals surface area contributed by atoms with Crippen LogP contribution >= 0.6 is 0 Å². The predicted molar refractivity (Wildman–Crippen MR) is 77.5 cm³/mol. The smallest absolute Gasteiger partial charge is 0.132 e. The number of aryl methyl sites for hydroxylation is 1. The van der Waals surface area contributed by atoms with E-state index in [0.29, 0.717) is 0 Å². The van der Waals surface area contributed by atoms with Gasteiger partial charge in [0.15, 0.2) is 0 Å². The summed E-state index contributed by atoms with van der Waals surface area (Å²) in [6.07, 6.45) is 5.59. The summed E-state index contributed by atoms with van der Waals surface area (Å²) in [6.45, 7) is 4.92. The highest BCUT2D eigenvalue weighted by atomic mass is 16.3. The molecule has 19 heavy (non-hydrogen) atoms. The van der Waals surface area contributed by atoms with Crippen molar-refractivity contribution in [3.63, 3.8) is 0 Å². The molecule has 1 saturated carbocycles. The number of anilines is 2. The maximum Gasteiger partial charge on any atom is 0.132 e. The number of hydrogen-bond acceptors (Lipinski definition) is 5. The maximum absolute atomic E-state index is 9.72. The Morgan fingerprint density at radius 3 is 2.53 bits per heavy atom. The van der Waals surface area contributed by atoms with Crippen LogP contribution in [0.4, 0.5) is 11.6 Å². The van der Waals surface area contributed by atoms with Crippen molar-refractivity contribution in [2.24, 2.45) is 0 Å². The summed E-state index contributed by atoms with van der Waals surface area (Å²) >= 11 is 0. The van der Waals surface area contributed by atoms with Crippen LogP contribution in [-0.2, 0) is 0 Å². The van der Waals surface area contributed by atoms with Crippen LogP contribution in [0.25, 0.3) is 0 Å². The van der Waals surface area contributed by atoms with Gasteiger partial charge in [0.05, 0.1) is 12.1 Å². The van der Waals surface area contributed by atoms with Gasteiger partial charge in [-0.3, -0.25) is 0 Å². The normalized spacial score (nSPS) is 18.1. The Morgan fingerprint density at radius 2 is 1.89 bits per heavy atom. The largest absolute Gasteiger partial charge is 0.394 e. The quantitative estimate of drug-likeness (QED) is 0.761. The number of hydrogen-bond donors (Lipinski definition) is 3. The first kappa shape index (κ1) is 14.1. The molecule has 2 rings (SSSR count). The highest BCUT2D eigenvalue weighted by Gasteiger charge is 2.31. The van der Waals surface area contributed by atoms with Gasteiger partial charge in [-0.1, -0.05) is 19.3 Å². The zero-order chi connectivity index (χ0) is 13.7. The highest BCUT2D eigenvalue weighted by molar-refractivity contribution is 5.49. The molecule has 1 aromatic rings. The molecular weight excluding hydrogens is 240 g/mol. The molecule has 3 N–H and O–H groups in total. The van der Waals surface area contributed by atoms with Crippen molar-refractivity contribution in [1.82, 2.24) is 9.97 Å². The van der Waals surface area contributed by atoms with Gasteiger partial charge in [-0.25, -0.2) is 9.97 Å². The first-order valence-corrected chi connectivity index (χ1v) is 7.16. The standard InChI is InChI=1S/C14H24N4O/c1-3-15-12-9-13(17-11(2)16-12)18-14(10-19)7-5-4-6-8-14/h9,19H,3-8,10H2,1-2H3,(H2,15,16,17,18). The van der Waals surface area contributed by atoms with Gasteiger partial charge < -0.3 is 15.7 Å². The number of nitrogens with zero attached hydrogens (tertiary/aromatic N) is 2. The third-order valence-corrected chi connectivity index (χ3v) is 3.70. The minimum Gasteiger partial charge on any atom is -0.394 e. The minimum absolute atomic E-state index is 0.159. The summed E-state index contributed by atoms with van der Waals surface area (Å²) in [4.78, 5) is 8.77. The Labute approximate surface area is 114 Å². The number of aliphatic hydroxyl groups excluding tert-OH is 1. The van der Waals surface area contributed by atoms with Crippen molar-refractivity contribution >= 4 is 11.6 Å². The lowest BCUT2D eigenvalue weighted by molar-refractivity contribution is 0.172. The van der Waals surface area contributed by atoms with E-state index < -0.39 is 0 Å². The van der Waals surface area contributed by atoms with E-state index in [2.05, 4.69) is 20.6 Å². The summed E-state index contributed by atoms with van der Waals surface area (Å²) in [7, 11) is 0. The number of rotatable bonds is 5. The van der Waals surface area contributed by atoms with E-state index >= 15 is 0 Å². The van der Waals surface area contributed by atoms with Crippen LogP contribution < -0.4 is 10.6 Å². The van der Waals surface area contributed by atoms with Gasteiger partial charge in [-0.05, 0) is 26.7 Å². The molecule has 0 atom stereocenters. The van der Waals surface area contributed by atoms with Crippen LogP contribution in [0.15, 0.2) is 6.07 Å². The Morgan fingerprint density at radius 1 is 1.21 bits per heavy atom. The van der Waals surface area contributed by atoms with Gasteiger partial charge in [0, 0.05) is 12.6 Å². The molecule has 0 saturated heterocycles. The zero-order valence-electron chi connectivity index (χ0n) is 11.9. The fourth-order valence-electron chi connectivity index (χ4n) is 2.73. The van der Waals surface area contributed by atoms with Gasteiger partial charge in [0.2, 0.25) is 0 Å². The van der Waals surface area contributed by atoms with E-state index in [0.717, 1.165) is 49.7 Å². The molecule has 1 aliphatic carbocycles. The van der Waals surface area contributed by atoms with Crippen LogP contribution in [0, 0.1) is 6.92 Å². The van der Waals surface area contributed by atoms with E-state index in [1.165, 1.54) is 6.42 Å². The van der Waals surface area contributed by atoms with E-state index in [-0.39, 0.29) is 12.1 Å². The number of aromatic nitrogens is 2. The van der Waals surface area contributed by atoms with Crippen molar-refractivity contribution in [1.29, 1.82) is 0 Å². The average molecular weight is 264 g/mol. The van der Waals surface area contributed by atoms with Crippen molar-refractivity contribution in [3.8, 4) is 0 Å². The number of nitrogens with one attached hydrogen (secondary N) is 2. The summed E-state index contributed by atoms with van der Waals surface area (Å²) in [6, 6.07) is 1.92. The molecule has 0 aromatic carbocycles. The predicted octanol–water partition coefficient (Wildman–Crippen LogP) is 2.32. The molecule has 0 radical (unpaired) electrons. The molecule has 5 nitrogen and oxygen atoms in total. The molecule has 1 fully saturated rings. The average Bonchev–Trinajstić information content (AvgIpc) is 2.39. The molecule has 1 aliphatic rings. The maximum atomic E-state index is 9.72. The van der Waals surface area contributed by atoms with Gasteiger partial charge >= 0.3 is 0 Å². The topological polar surface area (TPSA) is 70.1 Å². The number of aliphatic hydroxyl groups is 1. The Hall–Kier alpha value is -1.36. The molecule has 0 amide bonds. The summed E-state index contributed by atoms with van der Waals surface area (Å²) in [5.41, 5.74) is -0.206. The lowest BCUT2D eigenvalue weighted by Crippen LogP contribution is -2.44. The van der Waals surface area contributed by atoms with Gasteiger partial charge in [-0.15, -0.1) is 0 Å². The van der Waals surface area contributed by atoms with Crippen molar-refractivity contribution in [2.75, 3.05) is 23.8 Å². The molecule has 1 heterocycles. The third-order valence-electron chi connectivity index (χ3n) is 3.70. The lowest BCUT2D eigenvalue weighted by Gasteiger charge is -2.37. The van der Waals surface area contributed by atoms with E-state index in [1.54, 1.807) is 0 Å². The van der Waals surface area contributed by atoms with Gasteiger partial charge in [-0.2, -0.15) is 0 Å². The van der Waals surface area contributed by atoms with Crippen LogP contribution in [0.2, 0.25) is 0 Å². The zero-order valence-corrected chi connectivity index (χ0v) is 11.9. The molecule has 0 unspecified atom stereocenters. The second kappa shape index (κ2) is 6.19. The minimum atomic E-state index is -0.206. The third kappa shape index (κ3) is 3.56. The first-order valence-electron chi connectivity index (χ1n) is 7.16. The lowest BCUT2D eigenvalue weighted by atomic mass is 9.82. The second-order valence-electron chi connectivity index (χ2n) is 5.34. The Kier molecular flexibility index (Phi) is 4.58. The van der Waals surface area contributed by atoms with Crippen LogP contribution in [0.3, 0.4) is 0 Å². The first-order chi connectivity index (χ1) is 9.17. The van der Waals surface area contributed by atoms with Crippen molar-refractivity contribution in [3.05, 3.63) is 11.9 Å². The molecular formula is C14H24N4O.